The maximum absolute atomic E-state index is 9.96. The molecule has 3 unspecified atom stereocenters. The summed E-state index contributed by atoms with van der Waals surface area (Å²) in [7, 11) is 0. The molecule has 2 fully saturated rings. The molecule has 0 spiro atoms. The molecule has 3 atom stereocenters. The third-order valence-corrected chi connectivity index (χ3v) is 5.45. The van der Waals surface area contributed by atoms with E-state index < -0.39 is 6.10 Å². The van der Waals surface area contributed by atoms with Gasteiger partial charge in [0.1, 0.15) is 43.0 Å². The Morgan fingerprint density at radius 2 is 1.33 bits per heavy atom. The molecule has 6 heteroatoms. The van der Waals surface area contributed by atoms with Crippen molar-refractivity contribution < 1.29 is 28.8 Å². The number of hydrogen-bond donors (Lipinski definition) is 1. The third kappa shape index (κ3) is 5.95. The molecule has 0 radical (unpaired) electrons. The van der Waals surface area contributed by atoms with Gasteiger partial charge in [0.25, 0.3) is 0 Å². The monoisotopic (exact) mass is 414 g/mol. The lowest BCUT2D eigenvalue weighted by Crippen LogP contribution is -2.24. The molecule has 6 nitrogen and oxygen atoms in total. The minimum atomic E-state index is -0.660. The Morgan fingerprint density at radius 1 is 0.833 bits per heavy atom. The number of ether oxygens (including phenoxy) is 5. The van der Waals surface area contributed by atoms with Gasteiger partial charge in [0.2, 0.25) is 0 Å². The fourth-order valence-electron chi connectivity index (χ4n) is 3.20. The van der Waals surface area contributed by atoms with Crippen molar-refractivity contribution in [2.45, 2.75) is 37.6 Å². The van der Waals surface area contributed by atoms with Crippen molar-refractivity contribution in [2.24, 2.45) is 0 Å². The fourth-order valence-corrected chi connectivity index (χ4v) is 3.20. The van der Waals surface area contributed by atoms with Crippen LogP contribution in [0, 0.1) is 0 Å². The lowest BCUT2D eigenvalue weighted by atomic mass is 9.78. The van der Waals surface area contributed by atoms with E-state index in [4.69, 9.17) is 23.7 Å². The number of hydrogen-bond acceptors (Lipinski definition) is 6. The van der Waals surface area contributed by atoms with Gasteiger partial charge >= 0.3 is 0 Å². The topological polar surface area (TPSA) is 73.0 Å². The average molecular weight is 414 g/mol. The second-order valence-corrected chi connectivity index (χ2v) is 8.40. The van der Waals surface area contributed by atoms with Gasteiger partial charge in [0, 0.05) is 5.41 Å². The zero-order valence-corrected chi connectivity index (χ0v) is 17.6. The molecule has 2 aliphatic heterocycles. The van der Waals surface area contributed by atoms with Crippen LogP contribution in [-0.2, 0) is 19.6 Å². The van der Waals surface area contributed by atoms with Gasteiger partial charge < -0.3 is 28.8 Å². The van der Waals surface area contributed by atoms with E-state index in [9.17, 15) is 5.11 Å². The van der Waals surface area contributed by atoms with E-state index in [0.29, 0.717) is 13.2 Å². The minimum absolute atomic E-state index is 0.158. The Labute approximate surface area is 177 Å². The van der Waals surface area contributed by atoms with Gasteiger partial charge in [-0.05, 0) is 35.4 Å². The molecule has 30 heavy (non-hydrogen) atoms. The molecular weight excluding hydrogens is 384 g/mol. The van der Waals surface area contributed by atoms with Crippen LogP contribution in [0.15, 0.2) is 48.5 Å². The van der Waals surface area contributed by atoms with E-state index in [1.165, 1.54) is 11.1 Å². The summed E-state index contributed by atoms with van der Waals surface area (Å²) in [5, 5.41) is 9.96. The number of epoxide rings is 2. The van der Waals surface area contributed by atoms with Crippen LogP contribution in [-0.4, -0.2) is 63.1 Å². The van der Waals surface area contributed by atoms with Gasteiger partial charge in [-0.15, -0.1) is 0 Å². The lowest BCUT2D eigenvalue weighted by Gasteiger charge is -2.26. The highest BCUT2D eigenvalue weighted by Gasteiger charge is 2.25. The summed E-state index contributed by atoms with van der Waals surface area (Å²) in [5.41, 5.74) is 2.23. The molecule has 2 aliphatic rings. The second-order valence-electron chi connectivity index (χ2n) is 8.40. The summed E-state index contributed by atoms with van der Waals surface area (Å²) in [5.74, 6) is 1.59. The van der Waals surface area contributed by atoms with Crippen LogP contribution >= 0.6 is 0 Å². The molecule has 0 amide bonds. The van der Waals surface area contributed by atoms with E-state index in [0.717, 1.165) is 24.7 Å². The fraction of sp³-hybridized carbons (Fsp3) is 0.500. The van der Waals surface area contributed by atoms with Gasteiger partial charge in [-0.1, -0.05) is 38.1 Å². The highest BCUT2D eigenvalue weighted by molar-refractivity contribution is 5.41. The standard InChI is InChI=1S/C24H30O6/c1-24(2,18-5-9-21(10-6-18)28-15-23-16-30-23)17-3-7-20(8-4-17)27-12-19(25)11-26-13-22-14-29-22/h3-10,19,22-23,25H,11-16H2,1-2H3. The number of aliphatic hydroxyl groups is 1. The van der Waals surface area contributed by atoms with Crippen LogP contribution in [0.5, 0.6) is 11.5 Å². The molecule has 0 saturated carbocycles. The Balaban J connectivity index is 1.28. The first-order chi connectivity index (χ1) is 14.5. The van der Waals surface area contributed by atoms with Crippen molar-refractivity contribution in [1.82, 2.24) is 0 Å². The predicted molar refractivity (Wildman–Crippen MR) is 112 cm³/mol. The Hall–Kier alpha value is -2.12. The average Bonchev–Trinajstić information content (AvgIpc) is 3.67. The van der Waals surface area contributed by atoms with Crippen LogP contribution < -0.4 is 9.47 Å². The molecule has 1 N–H and O–H groups in total. The van der Waals surface area contributed by atoms with Gasteiger partial charge in [-0.3, -0.25) is 0 Å². The van der Waals surface area contributed by atoms with Crippen LogP contribution in [0.25, 0.3) is 0 Å². The summed E-state index contributed by atoms with van der Waals surface area (Å²) in [4.78, 5) is 0. The minimum Gasteiger partial charge on any atom is -0.491 e. The number of rotatable bonds is 12. The first-order valence-electron chi connectivity index (χ1n) is 10.5. The molecule has 2 saturated heterocycles. The highest BCUT2D eigenvalue weighted by atomic mass is 16.6. The quantitative estimate of drug-likeness (QED) is 0.539. The number of aliphatic hydroxyl groups excluding tert-OH is 1. The first kappa shape index (κ1) is 21.1. The van der Waals surface area contributed by atoms with Crippen LogP contribution in [0.4, 0.5) is 0 Å². The van der Waals surface area contributed by atoms with Gasteiger partial charge in [0.15, 0.2) is 0 Å². The zero-order chi connectivity index (χ0) is 21.0. The van der Waals surface area contributed by atoms with Crippen LogP contribution in [0.3, 0.4) is 0 Å². The molecular formula is C24H30O6. The van der Waals surface area contributed by atoms with Crippen molar-refractivity contribution >= 4 is 0 Å². The van der Waals surface area contributed by atoms with Crippen molar-refractivity contribution in [3.63, 3.8) is 0 Å². The van der Waals surface area contributed by atoms with Gasteiger partial charge in [0.05, 0.1) is 26.4 Å². The second kappa shape index (κ2) is 9.35. The SMILES string of the molecule is CC(C)(c1ccc(OCC(O)COCC2CO2)cc1)c1ccc(OCC2CO2)cc1. The van der Waals surface area contributed by atoms with Crippen molar-refractivity contribution in [3.05, 3.63) is 59.7 Å². The lowest BCUT2D eigenvalue weighted by molar-refractivity contribution is 0.00761. The molecule has 2 aromatic carbocycles. The maximum atomic E-state index is 9.96. The smallest absolute Gasteiger partial charge is 0.119 e. The molecule has 162 valence electrons. The molecule has 0 aromatic heterocycles. The summed E-state index contributed by atoms with van der Waals surface area (Å²) in [6.45, 7) is 7.53. The number of benzene rings is 2. The molecule has 4 rings (SSSR count). The third-order valence-electron chi connectivity index (χ3n) is 5.45. The van der Waals surface area contributed by atoms with E-state index in [1.807, 2.05) is 24.3 Å². The van der Waals surface area contributed by atoms with Crippen molar-refractivity contribution in [2.75, 3.05) is 39.6 Å². The summed E-state index contributed by atoms with van der Waals surface area (Å²) in [6.07, 6.45) is -0.199. The summed E-state index contributed by atoms with van der Waals surface area (Å²) in [6, 6.07) is 16.2. The largest absolute Gasteiger partial charge is 0.491 e. The van der Waals surface area contributed by atoms with E-state index in [2.05, 4.69) is 38.1 Å². The Bertz CT molecular complexity index is 793. The molecule has 0 aliphatic carbocycles. The van der Waals surface area contributed by atoms with Crippen molar-refractivity contribution in [3.8, 4) is 11.5 Å². The maximum Gasteiger partial charge on any atom is 0.119 e. The summed E-state index contributed by atoms with van der Waals surface area (Å²) >= 11 is 0. The zero-order valence-electron chi connectivity index (χ0n) is 17.6. The highest BCUT2D eigenvalue weighted by Crippen LogP contribution is 2.33. The van der Waals surface area contributed by atoms with Gasteiger partial charge in [-0.25, -0.2) is 0 Å². The van der Waals surface area contributed by atoms with E-state index in [1.54, 1.807) is 0 Å². The summed E-state index contributed by atoms with van der Waals surface area (Å²) < 4.78 is 27.1. The normalized spacial score (nSPS) is 21.2. The molecule has 2 aromatic rings. The van der Waals surface area contributed by atoms with Crippen molar-refractivity contribution in [1.29, 1.82) is 0 Å². The van der Waals surface area contributed by atoms with E-state index in [-0.39, 0.29) is 30.8 Å². The molecule has 0 bridgehead atoms. The Kier molecular flexibility index (Phi) is 6.58. The van der Waals surface area contributed by atoms with Crippen LogP contribution in [0.2, 0.25) is 0 Å². The van der Waals surface area contributed by atoms with Gasteiger partial charge in [-0.2, -0.15) is 0 Å². The van der Waals surface area contributed by atoms with Crippen LogP contribution in [0.1, 0.15) is 25.0 Å². The van der Waals surface area contributed by atoms with E-state index >= 15 is 0 Å². The predicted octanol–water partition coefficient (Wildman–Crippen LogP) is 2.95. The Morgan fingerprint density at radius 3 is 1.87 bits per heavy atom. The molecule has 2 heterocycles. The first-order valence-corrected chi connectivity index (χ1v) is 10.5.